The molecule has 0 aliphatic rings. The van der Waals surface area contributed by atoms with E-state index >= 15 is 0 Å². The number of hydrogen-bond donors (Lipinski definition) is 0. The van der Waals surface area contributed by atoms with Gasteiger partial charge >= 0.3 is 5.97 Å². The molecule has 1 unspecified atom stereocenters. The highest BCUT2D eigenvalue weighted by Crippen LogP contribution is 2.40. The molecule has 0 spiro atoms. The second-order valence-electron chi connectivity index (χ2n) is 8.34. The van der Waals surface area contributed by atoms with E-state index in [1.54, 1.807) is 0 Å². The highest BCUT2D eigenvalue weighted by atomic mass is 35.5. The molecule has 0 fully saturated rings. The predicted molar refractivity (Wildman–Crippen MR) is 145 cm³/mol. The molecule has 0 amide bonds. The fraction of sp³-hybridized carbons (Fsp3) is 0.292. The highest BCUT2D eigenvalue weighted by molar-refractivity contribution is 7.90. The maximum atomic E-state index is 13.7. The van der Waals surface area contributed by atoms with Crippen LogP contribution in [-0.2, 0) is 28.2 Å². The van der Waals surface area contributed by atoms with Crippen molar-refractivity contribution in [3.05, 3.63) is 66.2 Å². The van der Waals surface area contributed by atoms with Crippen molar-refractivity contribution < 1.29 is 45.4 Å². The van der Waals surface area contributed by atoms with E-state index < -0.39 is 56.5 Å². The van der Waals surface area contributed by atoms with Gasteiger partial charge in [-0.25, -0.2) is 31.1 Å². The molecule has 3 rings (SSSR count). The standard InChI is InChI=1S/C24H19Cl4F3N2O7S/c1-9-15(23(33(2)32-9)40-24(35)16-18(28)12(25)7-13(26)20(16)38-3)19(34)10-5-6-14(41(4,36)37)11(17(10)27)8-39-22(31)21(29)30/h5-7,21-22H,8H2,1-4H3. The van der Waals surface area contributed by atoms with Crippen molar-refractivity contribution in [3.8, 4) is 11.6 Å². The van der Waals surface area contributed by atoms with Crippen LogP contribution in [0.2, 0.25) is 20.1 Å². The first-order valence-corrected chi connectivity index (χ1v) is 14.5. The number of benzene rings is 2. The van der Waals surface area contributed by atoms with Gasteiger partial charge in [-0.2, -0.15) is 5.10 Å². The first-order valence-electron chi connectivity index (χ1n) is 11.1. The summed E-state index contributed by atoms with van der Waals surface area (Å²) in [5, 5.41) is 3.19. The molecule has 0 N–H and O–H groups in total. The van der Waals surface area contributed by atoms with Gasteiger partial charge in [-0.3, -0.25) is 4.79 Å². The lowest BCUT2D eigenvalue weighted by molar-refractivity contribution is -0.135. The van der Waals surface area contributed by atoms with Crippen LogP contribution in [0.5, 0.6) is 11.6 Å². The molecule has 1 atom stereocenters. The molecule has 1 heterocycles. The molecule has 41 heavy (non-hydrogen) atoms. The minimum absolute atomic E-state index is 0.0545. The number of hydrogen-bond acceptors (Lipinski definition) is 8. The fourth-order valence-corrected chi connectivity index (χ4v) is 5.79. The summed E-state index contributed by atoms with van der Waals surface area (Å²) in [6.45, 7) is 0.406. The smallest absolute Gasteiger partial charge is 0.350 e. The van der Waals surface area contributed by atoms with Gasteiger partial charge in [0.05, 0.1) is 44.4 Å². The topological polar surface area (TPSA) is 114 Å². The zero-order valence-corrected chi connectivity index (χ0v) is 25.2. The van der Waals surface area contributed by atoms with E-state index in [0.717, 1.165) is 23.1 Å². The molecule has 17 heteroatoms. The Morgan fingerprint density at radius 3 is 2.24 bits per heavy atom. The summed E-state index contributed by atoms with van der Waals surface area (Å²) in [6.07, 6.45) is -5.76. The Balaban J connectivity index is 2.12. The molecule has 1 aromatic heterocycles. The van der Waals surface area contributed by atoms with Crippen molar-refractivity contribution in [1.82, 2.24) is 9.78 Å². The molecule has 9 nitrogen and oxygen atoms in total. The SMILES string of the molecule is COc1c(Cl)cc(Cl)c(Cl)c1C(=O)Oc1c(C(=O)c2ccc(S(C)(=O)=O)c(COC(F)C(F)F)c2Cl)c(C)nn1C. The van der Waals surface area contributed by atoms with Gasteiger partial charge in [0.25, 0.3) is 12.8 Å². The van der Waals surface area contributed by atoms with Crippen molar-refractivity contribution in [3.63, 3.8) is 0 Å². The van der Waals surface area contributed by atoms with Crippen molar-refractivity contribution in [2.45, 2.75) is 31.2 Å². The normalized spacial score (nSPS) is 12.5. The van der Waals surface area contributed by atoms with Crippen LogP contribution in [0.3, 0.4) is 0 Å². The van der Waals surface area contributed by atoms with Crippen LogP contribution < -0.4 is 9.47 Å². The first-order chi connectivity index (χ1) is 19.0. The second kappa shape index (κ2) is 12.8. The monoisotopic (exact) mass is 676 g/mol. The molecule has 0 bridgehead atoms. The molecule has 0 aliphatic heterocycles. The van der Waals surface area contributed by atoms with Crippen LogP contribution in [0, 0.1) is 6.92 Å². The maximum Gasteiger partial charge on any atom is 0.350 e. The van der Waals surface area contributed by atoms with Gasteiger partial charge in [0.15, 0.2) is 15.6 Å². The number of carbonyl (C=O) groups is 2. The second-order valence-corrected chi connectivity index (χ2v) is 11.9. The van der Waals surface area contributed by atoms with Crippen molar-refractivity contribution in [2.24, 2.45) is 7.05 Å². The van der Waals surface area contributed by atoms with Crippen molar-refractivity contribution in [1.29, 1.82) is 0 Å². The van der Waals surface area contributed by atoms with Crippen LogP contribution in [-0.4, -0.2) is 56.1 Å². The lowest BCUT2D eigenvalue weighted by Gasteiger charge is -2.16. The van der Waals surface area contributed by atoms with Crippen LogP contribution in [0.15, 0.2) is 23.1 Å². The molecule has 222 valence electrons. The summed E-state index contributed by atoms with van der Waals surface area (Å²) >= 11 is 24.7. The Kier molecular flexibility index (Phi) is 10.3. The van der Waals surface area contributed by atoms with Gasteiger partial charge < -0.3 is 14.2 Å². The van der Waals surface area contributed by atoms with Gasteiger partial charge in [0, 0.05) is 24.4 Å². The lowest BCUT2D eigenvalue weighted by atomic mass is 10.0. The molecular formula is C24H19Cl4F3N2O7S. The van der Waals surface area contributed by atoms with Crippen LogP contribution >= 0.6 is 46.4 Å². The summed E-state index contributed by atoms with van der Waals surface area (Å²) in [5.41, 5.74) is -1.35. The Hall–Kier alpha value is -2.55. The third-order valence-corrected chi connectivity index (χ3v) is 8.23. The Morgan fingerprint density at radius 2 is 1.68 bits per heavy atom. The van der Waals surface area contributed by atoms with Gasteiger partial charge in [-0.05, 0) is 25.1 Å². The number of nitrogens with zero attached hydrogens (tertiary/aromatic N) is 2. The predicted octanol–water partition coefficient (Wildman–Crippen LogP) is 6.28. The number of sulfone groups is 1. The minimum atomic E-state index is -4.03. The summed E-state index contributed by atoms with van der Waals surface area (Å²) in [4.78, 5) is 26.4. The average molecular weight is 678 g/mol. The zero-order chi connectivity index (χ0) is 31.0. The number of aryl methyl sites for hydroxylation is 2. The number of ketones is 1. The van der Waals surface area contributed by atoms with E-state index in [1.807, 2.05) is 0 Å². The van der Waals surface area contributed by atoms with Crippen molar-refractivity contribution in [2.75, 3.05) is 13.4 Å². The molecule has 0 aliphatic carbocycles. The van der Waals surface area contributed by atoms with Crippen LogP contribution in [0.1, 0.15) is 37.5 Å². The Labute approximate surface area is 251 Å². The third kappa shape index (κ3) is 6.76. The van der Waals surface area contributed by atoms with E-state index in [4.69, 9.17) is 55.9 Å². The number of esters is 1. The molecule has 0 saturated carbocycles. The molecule has 0 saturated heterocycles. The number of ether oxygens (including phenoxy) is 3. The summed E-state index contributed by atoms with van der Waals surface area (Å²) in [6, 6.07) is 3.29. The summed E-state index contributed by atoms with van der Waals surface area (Å²) < 4.78 is 79.5. The number of aromatic nitrogens is 2. The largest absolute Gasteiger partial charge is 0.494 e. The number of rotatable bonds is 10. The lowest BCUT2D eigenvalue weighted by Crippen LogP contribution is -2.18. The molecule has 2 aromatic carbocycles. The number of halogens is 7. The molecule has 0 radical (unpaired) electrons. The van der Waals surface area contributed by atoms with E-state index in [9.17, 15) is 31.2 Å². The number of methoxy groups -OCH3 is 1. The Morgan fingerprint density at radius 1 is 1.05 bits per heavy atom. The van der Waals surface area contributed by atoms with E-state index in [2.05, 4.69) is 9.84 Å². The molecule has 3 aromatic rings. The van der Waals surface area contributed by atoms with E-state index in [-0.39, 0.29) is 49.1 Å². The van der Waals surface area contributed by atoms with E-state index in [1.165, 1.54) is 27.1 Å². The Bertz CT molecular complexity index is 1650. The van der Waals surface area contributed by atoms with E-state index in [0.29, 0.717) is 0 Å². The summed E-state index contributed by atoms with van der Waals surface area (Å²) in [7, 11) is -1.45. The number of alkyl halides is 3. The van der Waals surface area contributed by atoms with Gasteiger partial charge in [-0.1, -0.05) is 46.4 Å². The van der Waals surface area contributed by atoms with Gasteiger partial charge in [0.1, 0.15) is 11.1 Å². The van der Waals surface area contributed by atoms with Crippen LogP contribution in [0.25, 0.3) is 0 Å². The maximum absolute atomic E-state index is 13.7. The minimum Gasteiger partial charge on any atom is -0.494 e. The average Bonchev–Trinajstić information content (AvgIpc) is 3.15. The van der Waals surface area contributed by atoms with Gasteiger partial charge in [-0.15, -0.1) is 0 Å². The first kappa shape index (κ1) is 33.0. The van der Waals surface area contributed by atoms with Gasteiger partial charge in [0.2, 0.25) is 11.7 Å². The summed E-state index contributed by atoms with van der Waals surface area (Å²) in [5.74, 6) is -2.56. The van der Waals surface area contributed by atoms with Crippen LogP contribution in [0.4, 0.5) is 13.2 Å². The highest BCUT2D eigenvalue weighted by Gasteiger charge is 2.32. The molecular weight excluding hydrogens is 659 g/mol. The fourth-order valence-electron chi connectivity index (χ4n) is 3.75. The third-order valence-electron chi connectivity index (χ3n) is 5.55. The van der Waals surface area contributed by atoms with Crippen molar-refractivity contribution >= 4 is 68.0 Å². The number of carbonyl (C=O) groups excluding carboxylic acids is 2. The zero-order valence-electron chi connectivity index (χ0n) is 21.4. The quantitative estimate of drug-likeness (QED) is 0.140.